The number of hydrogen-bond acceptors (Lipinski definition) is 4. The normalized spacial score (nSPS) is 11.2. The van der Waals surface area contributed by atoms with Gasteiger partial charge in [0.15, 0.2) is 0 Å². The molecule has 0 heterocycles. The predicted octanol–water partition coefficient (Wildman–Crippen LogP) is 2.05. The van der Waals surface area contributed by atoms with Crippen LogP contribution in [0.25, 0.3) is 0 Å². The lowest BCUT2D eigenvalue weighted by atomic mass is 10.1. The molecule has 2 rings (SSSR count). The molecule has 7 heteroatoms. The van der Waals surface area contributed by atoms with Gasteiger partial charge in [0.05, 0.1) is 0 Å². The van der Waals surface area contributed by atoms with E-state index < -0.39 is 18.0 Å². The maximum Gasteiger partial charge on any atom is 0.321 e. The maximum absolute atomic E-state index is 12.6. The molecule has 0 fully saturated rings. The van der Waals surface area contributed by atoms with Crippen LogP contribution in [0.15, 0.2) is 54.6 Å². The molecular formula is C19H22N4O3. The third kappa shape index (κ3) is 5.07. The lowest BCUT2D eigenvalue weighted by molar-refractivity contribution is -0.120. The second-order valence-corrected chi connectivity index (χ2v) is 5.50. The Labute approximate surface area is 152 Å². The van der Waals surface area contributed by atoms with Crippen LogP contribution >= 0.6 is 0 Å². The fourth-order valence-corrected chi connectivity index (χ4v) is 2.40. The first-order valence-electron chi connectivity index (χ1n) is 8.27. The van der Waals surface area contributed by atoms with E-state index in [9.17, 15) is 14.4 Å². The van der Waals surface area contributed by atoms with E-state index in [0.29, 0.717) is 23.4 Å². The van der Waals surface area contributed by atoms with E-state index in [4.69, 9.17) is 0 Å². The molecule has 1 atom stereocenters. The van der Waals surface area contributed by atoms with Gasteiger partial charge in [0.25, 0.3) is 11.8 Å². The third-order valence-corrected chi connectivity index (χ3v) is 3.63. The average molecular weight is 354 g/mol. The second-order valence-electron chi connectivity index (χ2n) is 5.50. The van der Waals surface area contributed by atoms with E-state index in [1.165, 1.54) is 0 Å². The number of anilines is 1. The molecule has 0 radical (unpaired) electrons. The lowest BCUT2D eigenvalue weighted by Crippen LogP contribution is -2.43. The van der Waals surface area contributed by atoms with Gasteiger partial charge in [-0.1, -0.05) is 36.4 Å². The smallest absolute Gasteiger partial charge is 0.321 e. The summed E-state index contributed by atoms with van der Waals surface area (Å²) in [6, 6.07) is 14.5. The molecule has 2 aromatic rings. The average Bonchev–Trinajstić information content (AvgIpc) is 2.66. The quantitative estimate of drug-likeness (QED) is 0.638. The van der Waals surface area contributed by atoms with E-state index in [0.717, 1.165) is 0 Å². The van der Waals surface area contributed by atoms with Gasteiger partial charge >= 0.3 is 6.03 Å². The van der Waals surface area contributed by atoms with Crippen molar-refractivity contribution in [2.45, 2.75) is 13.0 Å². The Morgan fingerprint density at radius 3 is 2.38 bits per heavy atom. The van der Waals surface area contributed by atoms with Gasteiger partial charge in [-0.3, -0.25) is 14.9 Å². The second kappa shape index (κ2) is 9.22. The summed E-state index contributed by atoms with van der Waals surface area (Å²) in [6.45, 7) is 2.18. The summed E-state index contributed by atoms with van der Waals surface area (Å²) in [4.78, 5) is 36.1. The molecule has 136 valence electrons. The molecule has 0 aromatic heterocycles. The minimum absolute atomic E-state index is 0.225. The molecule has 4 amide bonds. The number of imide groups is 1. The van der Waals surface area contributed by atoms with Crippen LogP contribution in [0.5, 0.6) is 0 Å². The molecule has 7 nitrogen and oxygen atoms in total. The van der Waals surface area contributed by atoms with E-state index in [-0.39, 0.29) is 5.91 Å². The van der Waals surface area contributed by atoms with Crippen molar-refractivity contribution in [1.29, 1.82) is 0 Å². The Morgan fingerprint density at radius 1 is 1.00 bits per heavy atom. The van der Waals surface area contributed by atoms with Crippen LogP contribution in [-0.4, -0.2) is 31.4 Å². The summed E-state index contributed by atoms with van der Waals surface area (Å²) in [7, 11) is 1.55. The van der Waals surface area contributed by atoms with Crippen molar-refractivity contribution in [3.05, 3.63) is 65.7 Å². The van der Waals surface area contributed by atoms with Crippen molar-refractivity contribution < 1.29 is 14.4 Å². The number of carbonyl (C=O) groups excluding carboxylic acids is 3. The zero-order valence-electron chi connectivity index (χ0n) is 14.7. The Balaban J connectivity index is 2.26. The third-order valence-electron chi connectivity index (χ3n) is 3.63. The molecule has 1 unspecified atom stereocenters. The van der Waals surface area contributed by atoms with Crippen LogP contribution in [0.3, 0.4) is 0 Å². The summed E-state index contributed by atoms with van der Waals surface area (Å²) in [5.41, 5.74) is 1.75. The van der Waals surface area contributed by atoms with Crippen molar-refractivity contribution in [3.8, 4) is 0 Å². The first-order chi connectivity index (χ1) is 12.5. The summed E-state index contributed by atoms with van der Waals surface area (Å²) in [6.07, 6.45) is 0. The van der Waals surface area contributed by atoms with Gasteiger partial charge in [-0.05, 0) is 30.7 Å². The Kier molecular flexibility index (Phi) is 6.73. The zero-order valence-corrected chi connectivity index (χ0v) is 14.7. The van der Waals surface area contributed by atoms with Gasteiger partial charge in [-0.15, -0.1) is 0 Å². The van der Waals surface area contributed by atoms with Gasteiger partial charge in [-0.2, -0.15) is 0 Å². The number of amides is 4. The minimum atomic E-state index is -0.793. The molecule has 0 aliphatic heterocycles. The van der Waals surface area contributed by atoms with Crippen molar-refractivity contribution in [3.63, 3.8) is 0 Å². The molecule has 0 aliphatic rings. The topological polar surface area (TPSA) is 99.3 Å². The van der Waals surface area contributed by atoms with Crippen LogP contribution in [0, 0.1) is 0 Å². The highest BCUT2D eigenvalue weighted by molar-refractivity contribution is 5.99. The van der Waals surface area contributed by atoms with Gasteiger partial charge in [0.2, 0.25) is 0 Å². The molecule has 0 saturated carbocycles. The maximum atomic E-state index is 12.6. The van der Waals surface area contributed by atoms with Crippen molar-refractivity contribution >= 4 is 23.5 Å². The molecular weight excluding hydrogens is 332 g/mol. The number of rotatable bonds is 6. The number of hydrogen-bond donors (Lipinski definition) is 4. The largest absolute Gasteiger partial charge is 0.370 e. The first kappa shape index (κ1) is 19.0. The summed E-state index contributed by atoms with van der Waals surface area (Å²) in [5, 5.41) is 10.5. The zero-order chi connectivity index (χ0) is 18.9. The number of benzene rings is 2. The highest BCUT2D eigenvalue weighted by Gasteiger charge is 2.22. The summed E-state index contributed by atoms with van der Waals surface area (Å²) < 4.78 is 0. The predicted molar refractivity (Wildman–Crippen MR) is 99.9 cm³/mol. The van der Waals surface area contributed by atoms with Gasteiger partial charge in [-0.25, -0.2) is 4.79 Å². The molecule has 0 saturated heterocycles. The van der Waals surface area contributed by atoms with Crippen molar-refractivity contribution in [2.75, 3.05) is 18.9 Å². The molecule has 0 aliphatic carbocycles. The fraction of sp³-hybridized carbons (Fsp3) is 0.211. The molecule has 26 heavy (non-hydrogen) atoms. The number of urea groups is 1. The monoisotopic (exact) mass is 354 g/mol. The van der Waals surface area contributed by atoms with Crippen LogP contribution in [0.1, 0.15) is 28.9 Å². The van der Waals surface area contributed by atoms with Gasteiger partial charge in [0.1, 0.15) is 6.04 Å². The van der Waals surface area contributed by atoms with E-state index in [2.05, 4.69) is 21.3 Å². The SMILES string of the molecule is CCNC(=O)NC(=O)C(Nc1cccc(C(=O)NC)c1)c1ccccc1. The van der Waals surface area contributed by atoms with E-state index in [1.807, 2.05) is 18.2 Å². The Bertz CT molecular complexity index is 777. The number of nitrogens with one attached hydrogen (secondary N) is 4. The summed E-state index contributed by atoms with van der Waals surface area (Å²) >= 11 is 0. The summed E-state index contributed by atoms with van der Waals surface area (Å²) in [5.74, 6) is -0.718. The standard InChI is InChI=1S/C19H22N4O3/c1-3-21-19(26)23-18(25)16(13-8-5-4-6-9-13)22-15-11-7-10-14(12-15)17(24)20-2/h4-12,16,22H,3H2,1-2H3,(H,20,24)(H2,21,23,25,26). The first-order valence-corrected chi connectivity index (χ1v) is 8.27. The fourth-order valence-electron chi connectivity index (χ4n) is 2.40. The van der Waals surface area contributed by atoms with Crippen LogP contribution in [-0.2, 0) is 4.79 Å². The lowest BCUT2D eigenvalue weighted by Gasteiger charge is -2.20. The van der Waals surface area contributed by atoms with Crippen LogP contribution in [0.2, 0.25) is 0 Å². The highest BCUT2D eigenvalue weighted by Crippen LogP contribution is 2.21. The van der Waals surface area contributed by atoms with Gasteiger partial charge < -0.3 is 16.0 Å². The van der Waals surface area contributed by atoms with Crippen molar-refractivity contribution in [2.24, 2.45) is 0 Å². The van der Waals surface area contributed by atoms with Crippen LogP contribution < -0.4 is 21.3 Å². The van der Waals surface area contributed by atoms with E-state index in [1.54, 1.807) is 50.4 Å². The molecule has 0 spiro atoms. The highest BCUT2D eigenvalue weighted by atomic mass is 16.2. The van der Waals surface area contributed by atoms with Gasteiger partial charge in [0, 0.05) is 24.8 Å². The Hall–Kier alpha value is -3.35. The molecule has 4 N–H and O–H groups in total. The number of carbonyl (C=O) groups is 3. The minimum Gasteiger partial charge on any atom is -0.370 e. The molecule has 2 aromatic carbocycles. The van der Waals surface area contributed by atoms with E-state index >= 15 is 0 Å². The van der Waals surface area contributed by atoms with Crippen molar-refractivity contribution in [1.82, 2.24) is 16.0 Å². The Morgan fingerprint density at radius 2 is 1.73 bits per heavy atom. The van der Waals surface area contributed by atoms with Crippen LogP contribution in [0.4, 0.5) is 10.5 Å². The molecule has 0 bridgehead atoms.